The first-order valence-electron chi connectivity index (χ1n) is 10.6. The number of likely N-dealkylation sites (tertiary alicyclic amines) is 1. The van der Waals surface area contributed by atoms with Crippen molar-refractivity contribution in [2.45, 2.75) is 39.2 Å². The first kappa shape index (κ1) is 22.1. The number of anilines is 2. The Morgan fingerprint density at radius 3 is 2.66 bits per heavy atom. The number of hydrogen-bond acceptors (Lipinski definition) is 6. The van der Waals surface area contributed by atoms with Gasteiger partial charge in [-0.1, -0.05) is 12.1 Å². The number of nitrogens with one attached hydrogen (secondary N) is 2. The summed E-state index contributed by atoms with van der Waals surface area (Å²) in [6.07, 6.45) is 3.72. The van der Waals surface area contributed by atoms with Gasteiger partial charge in [0.2, 0.25) is 10.0 Å². The third kappa shape index (κ3) is 4.14. The number of aryl methyl sites for hydroxylation is 1. The van der Waals surface area contributed by atoms with E-state index >= 15 is 0 Å². The maximum atomic E-state index is 13.6. The van der Waals surface area contributed by atoms with Gasteiger partial charge in [-0.2, -0.15) is 9.61 Å². The fourth-order valence-corrected chi connectivity index (χ4v) is 4.85. The summed E-state index contributed by atoms with van der Waals surface area (Å²) in [5, 5.41) is 8.00. The number of rotatable bonds is 5. The molecule has 0 radical (unpaired) electrons. The number of nitrogens with zero attached hydrogens (tertiary/aromatic N) is 4. The molecule has 0 saturated carbocycles. The van der Waals surface area contributed by atoms with Crippen LogP contribution in [-0.2, 0) is 10.0 Å². The highest BCUT2D eigenvalue weighted by molar-refractivity contribution is 7.92. The van der Waals surface area contributed by atoms with E-state index in [1.165, 1.54) is 0 Å². The second-order valence-electron chi connectivity index (χ2n) is 8.19. The van der Waals surface area contributed by atoms with Crippen molar-refractivity contribution in [2.75, 3.05) is 29.9 Å². The number of carbonyl (C=O) groups excluding carboxylic acids is 1. The molecule has 0 unspecified atom stereocenters. The largest absolute Gasteiger partial charge is 0.373 e. The summed E-state index contributed by atoms with van der Waals surface area (Å²) < 4.78 is 27.8. The van der Waals surface area contributed by atoms with E-state index in [0.29, 0.717) is 12.1 Å². The van der Waals surface area contributed by atoms with E-state index in [2.05, 4.69) is 15.0 Å². The highest BCUT2D eigenvalue weighted by atomic mass is 32.2. The molecule has 9 nitrogen and oxygen atoms in total. The molecule has 3 heterocycles. The number of hydrogen-bond donors (Lipinski definition) is 2. The Bertz CT molecular complexity index is 1280. The average Bonchev–Trinajstić information content (AvgIpc) is 3.16. The number of piperidine rings is 1. The van der Waals surface area contributed by atoms with E-state index in [1.54, 1.807) is 33.7 Å². The number of fused-ring (bicyclic) bond motifs is 1. The highest BCUT2D eigenvalue weighted by Gasteiger charge is 2.32. The Hall–Kier alpha value is -3.14. The molecule has 1 saturated heterocycles. The molecule has 0 spiro atoms. The lowest BCUT2D eigenvalue weighted by atomic mass is 9.98. The molecule has 1 aromatic carbocycles. The van der Waals surface area contributed by atoms with Crippen molar-refractivity contribution in [1.82, 2.24) is 19.5 Å². The lowest BCUT2D eigenvalue weighted by Gasteiger charge is -2.35. The van der Waals surface area contributed by atoms with Crippen molar-refractivity contribution in [1.29, 1.82) is 0 Å². The zero-order valence-corrected chi connectivity index (χ0v) is 19.5. The molecule has 1 atom stereocenters. The summed E-state index contributed by atoms with van der Waals surface area (Å²) in [7, 11) is -1.66. The van der Waals surface area contributed by atoms with Crippen molar-refractivity contribution in [3.63, 3.8) is 0 Å². The number of benzene rings is 1. The van der Waals surface area contributed by atoms with Gasteiger partial charge in [-0.05, 0) is 45.2 Å². The molecule has 170 valence electrons. The third-order valence-electron chi connectivity index (χ3n) is 5.90. The first-order chi connectivity index (χ1) is 15.2. The molecule has 0 bridgehead atoms. The number of aromatic nitrogens is 3. The van der Waals surface area contributed by atoms with Crippen LogP contribution in [0.25, 0.3) is 5.65 Å². The highest BCUT2D eigenvalue weighted by Crippen LogP contribution is 2.34. The molecule has 1 aliphatic rings. The summed E-state index contributed by atoms with van der Waals surface area (Å²) in [4.78, 5) is 20.0. The van der Waals surface area contributed by atoms with Crippen LogP contribution in [0, 0.1) is 13.8 Å². The van der Waals surface area contributed by atoms with E-state index in [0.717, 1.165) is 53.9 Å². The molecule has 4 rings (SSSR count). The number of carbonyl (C=O) groups is 1. The summed E-state index contributed by atoms with van der Waals surface area (Å²) in [5.41, 5.74) is 4.06. The van der Waals surface area contributed by atoms with Crippen molar-refractivity contribution in [3.05, 3.63) is 52.8 Å². The molecule has 1 amide bonds. The molecule has 10 heteroatoms. The van der Waals surface area contributed by atoms with Crippen LogP contribution < -0.4 is 10.0 Å². The van der Waals surface area contributed by atoms with Crippen LogP contribution >= 0.6 is 0 Å². The second kappa shape index (κ2) is 8.42. The fraction of sp³-hybridized carbons (Fsp3) is 0.409. The Morgan fingerprint density at radius 2 is 1.94 bits per heavy atom. The van der Waals surface area contributed by atoms with E-state index in [4.69, 9.17) is 5.10 Å². The molecular formula is C22H28N6O3S. The van der Waals surface area contributed by atoms with E-state index in [1.807, 2.05) is 27.0 Å². The molecule has 3 aromatic rings. The monoisotopic (exact) mass is 456 g/mol. The van der Waals surface area contributed by atoms with E-state index < -0.39 is 10.0 Å². The molecule has 2 aromatic heterocycles. The van der Waals surface area contributed by atoms with E-state index in [-0.39, 0.29) is 17.6 Å². The summed E-state index contributed by atoms with van der Waals surface area (Å²) in [5.74, 6) is 0.655. The Morgan fingerprint density at radius 1 is 1.19 bits per heavy atom. The van der Waals surface area contributed by atoms with Crippen LogP contribution in [0.3, 0.4) is 0 Å². The van der Waals surface area contributed by atoms with Crippen LogP contribution in [0.5, 0.6) is 0 Å². The Labute approximate surface area is 187 Å². The lowest BCUT2D eigenvalue weighted by Crippen LogP contribution is -2.39. The van der Waals surface area contributed by atoms with Gasteiger partial charge in [-0.15, -0.1) is 0 Å². The second-order valence-corrected chi connectivity index (χ2v) is 9.94. The topological polar surface area (TPSA) is 109 Å². The van der Waals surface area contributed by atoms with Crippen molar-refractivity contribution in [2.24, 2.45) is 0 Å². The SMILES string of the molecule is CNc1c(C)c(C)nc2cc([C@@H]3CCCCN3C(=O)c3ccccc3NS(C)(=O)=O)nn12. The van der Waals surface area contributed by atoms with E-state index in [9.17, 15) is 13.2 Å². The van der Waals surface area contributed by atoms with Gasteiger partial charge in [0.25, 0.3) is 5.91 Å². The average molecular weight is 457 g/mol. The number of sulfonamides is 1. The summed E-state index contributed by atoms with van der Waals surface area (Å²) >= 11 is 0. The summed E-state index contributed by atoms with van der Waals surface area (Å²) in [6.45, 7) is 4.54. The molecule has 2 N–H and O–H groups in total. The predicted octanol–water partition coefficient (Wildman–Crippen LogP) is 3.13. The van der Waals surface area contributed by atoms with Gasteiger partial charge < -0.3 is 10.2 Å². The zero-order valence-electron chi connectivity index (χ0n) is 18.7. The van der Waals surface area contributed by atoms with Gasteiger partial charge in [0.05, 0.1) is 29.2 Å². The molecule has 1 aliphatic heterocycles. The van der Waals surface area contributed by atoms with Crippen LogP contribution in [0.2, 0.25) is 0 Å². The molecule has 32 heavy (non-hydrogen) atoms. The Kier molecular flexibility index (Phi) is 5.81. The quantitative estimate of drug-likeness (QED) is 0.611. The minimum Gasteiger partial charge on any atom is -0.373 e. The first-order valence-corrected chi connectivity index (χ1v) is 12.5. The van der Waals surface area contributed by atoms with Crippen LogP contribution in [0.15, 0.2) is 30.3 Å². The fourth-order valence-electron chi connectivity index (χ4n) is 4.27. The van der Waals surface area contributed by atoms with Crippen molar-refractivity contribution < 1.29 is 13.2 Å². The van der Waals surface area contributed by atoms with Gasteiger partial charge >= 0.3 is 0 Å². The van der Waals surface area contributed by atoms with Crippen LogP contribution in [0.4, 0.5) is 11.5 Å². The zero-order chi connectivity index (χ0) is 23.0. The van der Waals surface area contributed by atoms with Gasteiger partial charge in [-0.25, -0.2) is 13.4 Å². The van der Waals surface area contributed by atoms with Gasteiger partial charge in [-0.3, -0.25) is 9.52 Å². The molecule has 0 aliphatic carbocycles. The van der Waals surface area contributed by atoms with Crippen LogP contribution in [-0.4, -0.2) is 53.7 Å². The summed E-state index contributed by atoms with van der Waals surface area (Å²) in [6, 6.07) is 8.42. The minimum atomic E-state index is -3.51. The maximum Gasteiger partial charge on any atom is 0.256 e. The standard InChI is InChI=1S/C22H28N6O3S/c1-14-15(2)24-20-13-18(25-28(20)21(14)23-3)19-11-7-8-12-27(19)22(29)16-9-5-6-10-17(16)26-32(4,30)31/h5-6,9-10,13,19,23,26H,7-8,11-12H2,1-4H3/t19-/m0/s1. The maximum absolute atomic E-state index is 13.6. The van der Waals surface area contributed by atoms with Crippen molar-refractivity contribution >= 4 is 33.1 Å². The number of para-hydroxylation sites is 1. The molecular weight excluding hydrogens is 428 g/mol. The predicted molar refractivity (Wildman–Crippen MR) is 125 cm³/mol. The van der Waals surface area contributed by atoms with Gasteiger partial charge in [0.15, 0.2) is 5.65 Å². The normalized spacial score (nSPS) is 16.9. The smallest absolute Gasteiger partial charge is 0.256 e. The third-order valence-corrected chi connectivity index (χ3v) is 6.49. The minimum absolute atomic E-state index is 0.213. The van der Waals surface area contributed by atoms with Crippen LogP contribution in [0.1, 0.15) is 52.6 Å². The number of amides is 1. The Balaban J connectivity index is 1.74. The van der Waals surface area contributed by atoms with Gasteiger partial charge in [0, 0.05) is 30.9 Å². The molecule has 1 fully saturated rings. The lowest BCUT2D eigenvalue weighted by molar-refractivity contribution is 0.0607. The van der Waals surface area contributed by atoms with Crippen molar-refractivity contribution in [3.8, 4) is 0 Å². The van der Waals surface area contributed by atoms with Gasteiger partial charge in [0.1, 0.15) is 5.82 Å².